The predicted octanol–water partition coefficient (Wildman–Crippen LogP) is 3.68. The van der Waals surface area contributed by atoms with Crippen LogP contribution in [-0.4, -0.2) is 15.7 Å². The van der Waals surface area contributed by atoms with Gasteiger partial charge >= 0.3 is 0 Å². The summed E-state index contributed by atoms with van der Waals surface area (Å²) in [5.74, 6) is 0.312. The molecule has 3 rings (SSSR count). The topological polar surface area (TPSA) is 60.1 Å². The van der Waals surface area contributed by atoms with Crippen LogP contribution in [0, 0.1) is 6.92 Å². The van der Waals surface area contributed by atoms with Crippen molar-refractivity contribution in [3.63, 3.8) is 0 Å². The molecule has 1 aromatic carbocycles. The van der Waals surface area contributed by atoms with Crippen LogP contribution in [0.1, 0.15) is 16.1 Å². The molecular weight excluding hydrogens is 290 g/mol. The maximum absolute atomic E-state index is 12.3. The number of hydrogen-bond acceptors (Lipinski definition) is 3. The van der Waals surface area contributed by atoms with Crippen LogP contribution < -0.4 is 5.32 Å². The Labute approximate surface area is 126 Å². The van der Waals surface area contributed by atoms with E-state index in [1.807, 2.05) is 0 Å². The van der Waals surface area contributed by atoms with E-state index in [9.17, 15) is 4.79 Å². The van der Waals surface area contributed by atoms with E-state index in [1.54, 1.807) is 54.3 Å². The van der Waals surface area contributed by atoms with Gasteiger partial charge in [-0.1, -0.05) is 17.7 Å². The van der Waals surface area contributed by atoms with Gasteiger partial charge in [0.05, 0.1) is 22.5 Å². The minimum absolute atomic E-state index is 0.253. The third-order valence-corrected chi connectivity index (χ3v) is 3.38. The molecule has 0 bridgehead atoms. The smallest absolute Gasteiger partial charge is 0.259 e. The number of hydrogen-bond donors (Lipinski definition) is 1. The molecular formula is C15H12ClN3O2. The second-order valence-corrected chi connectivity index (χ2v) is 4.84. The first-order valence-electron chi connectivity index (χ1n) is 6.31. The second-order valence-electron chi connectivity index (χ2n) is 4.43. The summed E-state index contributed by atoms with van der Waals surface area (Å²) in [6.45, 7) is 1.74. The van der Waals surface area contributed by atoms with Crippen LogP contribution in [0.3, 0.4) is 0 Å². The molecule has 0 spiro atoms. The van der Waals surface area contributed by atoms with Crippen molar-refractivity contribution in [2.75, 3.05) is 5.32 Å². The molecule has 6 heteroatoms. The Morgan fingerprint density at radius 3 is 2.86 bits per heavy atom. The number of para-hydroxylation sites is 1. The molecule has 0 unspecified atom stereocenters. The van der Waals surface area contributed by atoms with Crippen LogP contribution >= 0.6 is 11.6 Å². The quantitative estimate of drug-likeness (QED) is 0.803. The van der Waals surface area contributed by atoms with Crippen molar-refractivity contribution in [1.82, 2.24) is 9.78 Å². The number of anilines is 1. The normalized spacial score (nSPS) is 10.6. The van der Waals surface area contributed by atoms with Gasteiger partial charge in [0.15, 0.2) is 0 Å². The SMILES string of the molecule is Cc1occc1C(=O)Nc1cccc(Cl)c1-n1cccn1. The average Bonchev–Trinajstić information content (AvgIpc) is 3.10. The maximum Gasteiger partial charge on any atom is 0.259 e. The molecule has 0 atom stereocenters. The summed E-state index contributed by atoms with van der Waals surface area (Å²) in [5.41, 5.74) is 1.69. The number of halogens is 1. The first kappa shape index (κ1) is 13.5. The minimum Gasteiger partial charge on any atom is -0.469 e. The summed E-state index contributed by atoms with van der Waals surface area (Å²) >= 11 is 6.23. The molecule has 1 N–H and O–H groups in total. The molecule has 0 fully saturated rings. The first-order valence-corrected chi connectivity index (χ1v) is 6.68. The highest BCUT2D eigenvalue weighted by Gasteiger charge is 2.15. The lowest BCUT2D eigenvalue weighted by molar-refractivity contribution is 0.102. The standard InChI is InChI=1S/C15H12ClN3O2/c1-10-11(6-9-21-10)15(20)18-13-5-2-4-12(16)14(13)19-8-3-7-17-19/h2-9H,1H3,(H,18,20). The number of aromatic nitrogens is 2. The number of benzene rings is 1. The number of nitrogens with one attached hydrogen (secondary N) is 1. The number of nitrogens with zero attached hydrogens (tertiary/aromatic N) is 2. The lowest BCUT2D eigenvalue weighted by Gasteiger charge is -2.12. The number of amides is 1. The van der Waals surface area contributed by atoms with Crippen molar-refractivity contribution >= 4 is 23.2 Å². The van der Waals surface area contributed by atoms with Gasteiger partial charge in [0.2, 0.25) is 0 Å². The molecule has 0 aliphatic rings. The van der Waals surface area contributed by atoms with E-state index < -0.39 is 0 Å². The van der Waals surface area contributed by atoms with E-state index in [4.69, 9.17) is 16.0 Å². The Bertz CT molecular complexity index is 778. The van der Waals surface area contributed by atoms with Gasteiger partial charge in [-0.2, -0.15) is 5.10 Å². The Kier molecular flexibility index (Phi) is 3.50. The van der Waals surface area contributed by atoms with E-state index in [0.717, 1.165) is 0 Å². The maximum atomic E-state index is 12.3. The molecule has 5 nitrogen and oxygen atoms in total. The summed E-state index contributed by atoms with van der Waals surface area (Å²) in [6.07, 6.45) is 4.89. The Balaban J connectivity index is 1.98. The van der Waals surface area contributed by atoms with Crippen molar-refractivity contribution in [2.24, 2.45) is 0 Å². The molecule has 2 heterocycles. The monoisotopic (exact) mass is 301 g/mol. The lowest BCUT2D eigenvalue weighted by Crippen LogP contribution is -2.14. The molecule has 21 heavy (non-hydrogen) atoms. The van der Waals surface area contributed by atoms with E-state index in [0.29, 0.717) is 27.7 Å². The predicted molar refractivity (Wildman–Crippen MR) is 80.0 cm³/mol. The van der Waals surface area contributed by atoms with E-state index in [-0.39, 0.29) is 5.91 Å². The minimum atomic E-state index is -0.253. The van der Waals surface area contributed by atoms with Crippen molar-refractivity contribution in [1.29, 1.82) is 0 Å². The third kappa shape index (κ3) is 2.55. The summed E-state index contributed by atoms with van der Waals surface area (Å²) < 4.78 is 6.76. The molecule has 0 saturated heterocycles. The molecule has 0 aliphatic carbocycles. The van der Waals surface area contributed by atoms with Gasteiger partial charge in [-0.3, -0.25) is 4.79 Å². The number of carbonyl (C=O) groups excluding carboxylic acids is 1. The van der Waals surface area contributed by atoms with Gasteiger partial charge in [0.25, 0.3) is 5.91 Å². The van der Waals surface area contributed by atoms with Gasteiger partial charge in [-0.05, 0) is 31.2 Å². The number of carbonyl (C=O) groups is 1. The lowest BCUT2D eigenvalue weighted by atomic mass is 10.2. The fourth-order valence-corrected chi connectivity index (χ4v) is 2.32. The Morgan fingerprint density at radius 2 is 2.19 bits per heavy atom. The largest absolute Gasteiger partial charge is 0.469 e. The van der Waals surface area contributed by atoms with Crippen molar-refractivity contribution in [3.8, 4) is 5.69 Å². The zero-order chi connectivity index (χ0) is 14.8. The van der Waals surface area contributed by atoms with Gasteiger partial charge < -0.3 is 9.73 Å². The molecule has 2 aromatic heterocycles. The van der Waals surface area contributed by atoms with Crippen molar-refractivity contribution in [2.45, 2.75) is 6.92 Å². The first-order chi connectivity index (χ1) is 10.2. The number of furan rings is 1. The highest BCUT2D eigenvalue weighted by Crippen LogP contribution is 2.28. The van der Waals surface area contributed by atoms with Crippen LogP contribution in [0.2, 0.25) is 5.02 Å². The van der Waals surface area contributed by atoms with Crippen molar-refractivity contribution in [3.05, 3.63) is 65.3 Å². The van der Waals surface area contributed by atoms with Crippen LogP contribution in [-0.2, 0) is 0 Å². The summed E-state index contributed by atoms with van der Waals surface area (Å²) in [5, 5.41) is 7.50. The van der Waals surface area contributed by atoms with Gasteiger partial charge in [-0.15, -0.1) is 0 Å². The third-order valence-electron chi connectivity index (χ3n) is 3.07. The fourth-order valence-electron chi connectivity index (χ4n) is 2.06. The number of aryl methyl sites for hydroxylation is 1. The summed E-state index contributed by atoms with van der Waals surface area (Å²) in [6, 6.07) is 8.71. The highest BCUT2D eigenvalue weighted by atomic mass is 35.5. The fraction of sp³-hybridized carbons (Fsp3) is 0.0667. The second kappa shape index (κ2) is 5.46. The summed E-state index contributed by atoms with van der Waals surface area (Å²) in [4.78, 5) is 12.3. The van der Waals surface area contributed by atoms with E-state index in [1.165, 1.54) is 6.26 Å². The van der Waals surface area contributed by atoms with Gasteiger partial charge in [0, 0.05) is 12.4 Å². The summed E-state index contributed by atoms with van der Waals surface area (Å²) in [7, 11) is 0. The Hall–Kier alpha value is -2.53. The van der Waals surface area contributed by atoms with E-state index >= 15 is 0 Å². The van der Waals surface area contributed by atoms with Gasteiger partial charge in [-0.25, -0.2) is 4.68 Å². The molecule has 1 amide bonds. The van der Waals surface area contributed by atoms with Crippen molar-refractivity contribution < 1.29 is 9.21 Å². The van der Waals surface area contributed by atoms with Crippen LogP contribution in [0.4, 0.5) is 5.69 Å². The van der Waals surface area contributed by atoms with Crippen LogP contribution in [0.25, 0.3) is 5.69 Å². The molecule has 0 aliphatic heterocycles. The van der Waals surface area contributed by atoms with Crippen LogP contribution in [0.15, 0.2) is 53.4 Å². The van der Waals surface area contributed by atoms with Crippen LogP contribution in [0.5, 0.6) is 0 Å². The highest BCUT2D eigenvalue weighted by molar-refractivity contribution is 6.33. The molecule has 0 radical (unpaired) electrons. The zero-order valence-corrected chi connectivity index (χ0v) is 12.0. The molecule has 0 saturated carbocycles. The van der Waals surface area contributed by atoms with E-state index in [2.05, 4.69) is 10.4 Å². The molecule has 106 valence electrons. The van der Waals surface area contributed by atoms with Gasteiger partial charge in [0.1, 0.15) is 11.4 Å². The average molecular weight is 302 g/mol. The Morgan fingerprint density at radius 1 is 1.33 bits per heavy atom. The zero-order valence-electron chi connectivity index (χ0n) is 11.2. The number of rotatable bonds is 3. The molecule has 3 aromatic rings.